The highest BCUT2D eigenvalue weighted by atomic mass is 32.2. The predicted octanol–water partition coefficient (Wildman–Crippen LogP) is 5.04. The smallest absolute Gasteiger partial charge is 0.338 e. The molecule has 1 N–H and O–H groups in total. The SMILES string of the molecule is COC(=O)c1ccccc1-c1ccc(C=C2C(=N)N3C(c4ccccc4)=CSC3=NC2=O)o1. The first-order valence-corrected chi connectivity index (χ1v) is 10.9. The Balaban J connectivity index is 1.49. The van der Waals surface area contributed by atoms with Crippen molar-refractivity contribution in [3.8, 4) is 11.3 Å². The number of carbonyl (C=O) groups is 2. The van der Waals surface area contributed by atoms with E-state index >= 15 is 0 Å². The Hall–Kier alpha value is -4.17. The van der Waals surface area contributed by atoms with Crippen LogP contribution in [0, 0.1) is 5.41 Å². The lowest BCUT2D eigenvalue weighted by Gasteiger charge is -2.26. The van der Waals surface area contributed by atoms with Gasteiger partial charge >= 0.3 is 5.97 Å². The molecule has 2 aromatic carbocycles. The van der Waals surface area contributed by atoms with Crippen LogP contribution in [0.4, 0.5) is 0 Å². The minimum Gasteiger partial charge on any atom is -0.465 e. The lowest BCUT2D eigenvalue weighted by Crippen LogP contribution is -2.37. The van der Waals surface area contributed by atoms with Gasteiger partial charge in [-0.15, -0.1) is 0 Å². The van der Waals surface area contributed by atoms with Gasteiger partial charge in [0, 0.05) is 11.0 Å². The molecular weight excluding hydrogens is 438 g/mol. The Morgan fingerprint density at radius 2 is 1.85 bits per heavy atom. The zero-order valence-corrected chi connectivity index (χ0v) is 18.3. The highest BCUT2D eigenvalue weighted by Crippen LogP contribution is 2.37. The maximum atomic E-state index is 12.7. The first kappa shape index (κ1) is 20.7. The van der Waals surface area contributed by atoms with Gasteiger partial charge in [-0.05, 0) is 29.8 Å². The molecule has 3 heterocycles. The molecule has 7 nitrogen and oxygen atoms in total. The highest BCUT2D eigenvalue weighted by molar-refractivity contribution is 8.17. The summed E-state index contributed by atoms with van der Waals surface area (Å²) in [6, 6.07) is 20.0. The Morgan fingerprint density at radius 1 is 1.09 bits per heavy atom. The summed E-state index contributed by atoms with van der Waals surface area (Å²) >= 11 is 1.31. The summed E-state index contributed by atoms with van der Waals surface area (Å²) in [5.41, 5.74) is 2.77. The van der Waals surface area contributed by atoms with Crippen molar-refractivity contribution in [1.82, 2.24) is 4.90 Å². The third-order valence-electron chi connectivity index (χ3n) is 5.20. The number of methoxy groups -OCH3 is 1. The maximum Gasteiger partial charge on any atom is 0.338 e. The van der Waals surface area contributed by atoms with E-state index in [0.717, 1.165) is 11.3 Å². The van der Waals surface area contributed by atoms with E-state index in [0.29, 0.717) is 27.8 Å². The van der Waals surface area contributed by atoms with Crippen LogP contribution in [0.5, 0.6) is 0 Å². The number of amidine groups is 2. The van der Waals surface area contributed by atoms with Crippen LogP contribution in [0.25, 0.3) is 23.1 Å². The minimum atomic E-state index is -0.505. The lowest BCUT2D eigenvalue weighted by atomic mass is 10.1. The van der Waals surface area contributed by atoms with Gasteiger partial charge in [-0.3, -0.25) is 15.1 Å². The monoisotopic (exact) mass is 455 g/mol. The second kappa shape index (κ2) is 8.40. The number of ether oxygens (including phenoxy) is 1. The number of carbonyl (C=O) groups excluding carboxylic acids is 2. The molecule has 162 valence electrons. The molecule has 1 amide bonds. The number of fused-ring (bicyclic) bond motifs is 1. The average Bonchev–Trinajstić information content (AvgIpc) is 3.49. The molecule has 0 unspecified atom stereocenters. The lowest BCUT2D eigenvalue weighted by molar-refractivity contribution is -0.114. The van der Waals surface area contributed by atoms with E-state index in [1.54, 1.807) is 41.3 Å². The first-order valence-electron chi connectivity index (χ1n) is 10.0. The zero-order valence-electron chi connectivity index (χ0n) is 17.4. The number of furan rings is 1. The summed E-state index contributed by atoms with van der Waals surface area (Å²) in [7, 11) is 1.32. The molecule has 0 spiro atoms. The number of rotatable bonds is 4. The number of hydrogen-bond donors (Lipinski definition) is 1. The van der Waals surface area contributed by atoms with Crippen molar-refractivity contribution in [1.29, 1.82) is 5.41 Å². The summed E-state index contributed by atoms with van der Waals surface area (Å²) in [4.78, 5) is 30.6. The number of thioether (sulfide) groups is 1. The fourth-order valence-corrected chi connectivity index (χ4v) is 4.51. The van der Waals surface area contributed by atoms with E-state index in [9.17, 15) is 9.59 Å². The van der Waals surface area contributed by atoms with Gasteiger partial charge in [0.05, 0.1) is 23.9 Å². The van der Waals surface area contributed by atoms with Crippen LogP contribution in [0.1, 0.15) is 21.7 Å². The van der Waals surface area contributed by atoms with E-state index in [2.05, 4.69) is 4.99 Å². The molecule has 2 aliphatic heterocycles. The van der Waals surface area contributed by atoms with E-state index in [4.69, 9.17) is 14.6 Å². The Bertz CT molecular complexity index is 1390. The molecule has 0 atom stereocenters. The Kier molecular flexibility index (Phi) is 5.27. The van der Waals surface area contributed by atoms with Gasteiger partial charge in [-0.25, -0.2) is 4.79 Å². The number of amides is 1. The first-order chi connectivity index (χ1) is 16.1. The van der Waals surface area contributed by atoms with Crippen molar-refractivity contribution in [3.05, 3.63) is 94.6 Å². The third kappa shape index (κ3) is 3.70. The molecule has 33 heavy (non-hydrogen) atoms. The fourth-order valence-electron chi connectivity index (χ4n) is 3.62. The van der Waals surface area contributed by atoms with Gasteiger partial charge in [0.15, 0.2) is 5.17 Å². The van der Waals surface area contributed by atoms with E-state index in [1.807, 2.05) is 35.7 Å². The van der Waals surface area contributed by atoms with Crippen LogP contribution in [-0.4, -0.2) is 34.9 Å². The molecule has 3 aromatic rings. The Morgan fingerprint density at radius 3 is 2.64 bits per heavy atom. The molecule has 0 radical (unpaired) electrons. The second-order valence-electron chi connectivity index (χ2n) is 7.17. The number of aliphatic imine (C=N–C) groups is 1. The molecule has 5 rings (SSSR count). The summed E-state index contributed by atoms with van der Waals surface area (Å²) in [6.45, 7) is 0. The van der Waals surface area contributed by atoms with Crippen LogP contribution in [-0.2, 0) is 9.53 Å². The summed E-state index contributed by atoms with van der Waals surface area (Å²) in [5, 5.41) is 11.1. The topological polar surface area (TPSA) is 96.0 Å². The number of esters is 1. The van der Waals surface area contributed by atoms with E-state index in [-0.39, 0.29) is 11.4 Å². The van der Waals surface area contributed by atoms with Crippen molar-refractivity contribution >= 4 is 46.4 Å². The number of benzene rings is 2. The maximum absolute atomic E-state index is 12.7. The van der Waals surface area contributed by atoms with Crippen molar-refractivity contribution < 1.29 is 18.7 Å². The van der Waals surface area contributed by atoms with Crippen molar-refractivity contribution in [2.45, 2.75) is 0 Å². The normalized spacial score (nSPS) is 16.5. The molecule has 0 bridgehead atoms. The number of hydrogen-bond acceptors (Lipinski definition) is 6. The molecule has 0 aliphatic carbocycles. The summed E-state index contributed by atoms with van der Waals surface area (Å²) < 4.78 is 10.8. The van der Waals surface area contributed by atoms with Gasteiger partial charge in [0.25, 0.3) is 5.91 Å². The van der Waals surface area contributed by atoms with Crippen molar-refractivity contribution in [2.75, 3.05) is 7.11 Å². The molecule has 0 fully saturated rings. The van der Waals surface area contributed by atoms with Crippen LogP contribution >= 0.6 is 11.8 Å². The molecule has 0 saturated heterocycles. The molecule has 2 aliphatic rings. The standard InChI is InChI=1S/C25H17N3O4S/c1-31-24(30)18-10-6-5-9-17(18)21-12-11-16(32-21)13-19-22(26)28-20(15-7-3-2-4-8-15)14-33-25(28)27-23(19)29/h2-14,26H,1H3. The molecular formula is C25H17N3O4S. The van der Waals surface area contributed by atoms with Crippen LogP contribution in [0.3, 0.4) is 0 Å². The Labute approximate surface area is 193 Å². The van der Waals surface area contributed by atoms with Crippen molar-refractivity contribution in [3.63, 3.8) is 0 Å². The predicted molar refractivity (Wildman–Crippen MR) is 127 cm³/mol. The van der Waals surface area contributed by atoms with Gasteiger partial charge in [-0.2, -0.15) is 4.99 Å². The second-order valence-corrected chi connectivity index (χ2v) is 8.00. The van der Waals surface area contributed by atoms with Crippen LogP contribution in [0.15, 0.2) is 87.1 Å². The van der Waals surface area contributed by atoms with Crippen LogP contribution in [0.2, 0.25) is 0 Å². The van der Waals surface area contributed by atoms with Gasteiger partial charge < -0.3 is 9.15 Å². The van der Waals surface area contributed by atoms with E-state index in [1.165, 1.54) is 24.9 Å². The molecule has 8 heteroatoms. The average molecular weight is 455 g/mol. The number of nitrogens with one attached hydrogen (secondary N) is 1. The summed E-state index contributed by atoms with van der Waals surface area (Å²) in [5.74, 6) is -0.135. The van der Waals surface area contributed by atoms with E-state index < -0.39 is 11.9 Å². The largest absolute Gasteiger partial charge is 0.465 e. The van der Waals surface area contributed by atoms with Gasteiger partial charge in [-0.1, -0.05) is 60.3 Å². The summed E-state index contributed by atoms with van der Waals surface area (Å²) in [6.07, 6.45) is 1.50. The molecule has 1 aromatic heterocycles. The van der Waals surface area contributed by atoms with Gasteiger partial charge in [0.1, 0.15) is 17.4 Å². The van der Waals surface area contributed by atoms with Crippen molar-refractivity contribution in [2.24, 2.45) is 4.99 Å². The quantitative estimate of drug-likeness (QED) is 0.438. The minimum absolute atomic E-state index is 0.0259. The number of nitrogens with zero attached hydrogens (tertiary/aromatic N) is 2. The zero-order chi connectivity index (χ0) is 22.9. The third-order valence-corrected chi connectivity index (χ3v) is 6.02. The van der Waals surface area contributed by atoms with Gasteiger partial charge in [0.2, 0.25) is 0 Å². The fraction of sp³-hybridized carbons (Fsp3) is 0.0400. The highest BCUT2D eigenvalue weighted by Gasteiger charge is 2.36. The van der Waals surface area contributed by atoms with Crippen LogP contribution < -0.4 is 0 Å². The molecule has 0 saturated carbocycles.